The SMILES string of the molecule is CCCc1ccc(C(=O)/C=C/c2ccc3[nH]ccc3c2)cc1. The number of hydrogen-bond acceptors (Lipinski definition) is 1. The second-order valence-electron chi connectivity index (χ2n) is 5.47. The van der Waals surface area contributed by atoms with Crippen molar-refractivity contribution >= 4 is 22.8 Å². The average molecular weight is 289 g/mol. The number of H-pyrrole nitrogens is 1. The van der Waals surface area contributed by atoms with Gasteiger partial charge in [-0.05, 0) is 47.2 Å². The van der Waals surface area contributed by atoms with Gasteiger partial charge in [-0.2, -0.15) is 0 Å². The number of nitrogens with one attached hydrogen (secondary N) is 1. The van der Waals surface area contributed by atoms with E-state index < -0.39 is 0 Å². The number of hydrogen-bond donors (Lipinski definition) is 1. The molecular weight excluding hydrogens is 270 g/mol. The molecule has 22 heavy (non-hydrogen) atoms. The topological polar surface area (TPSA) is 32.9 Å². The normalized spacial score (nSPS) is 11.3. The van der Waals surface area contributed by atoms with Gasteiger partial charge in [0.15, 0.2) is 5.78 Å². The smallest absolute Gasteiger partial charge is 0.185 e. The second-order valence-corrected chi connectivity index (χ2v) is 5.47. The van der Waals surface area contributed by atoms with Gasteiger partial charge >= 0.3 is 0 Å². The Balaban J connectivity index is 1.74. The van der Waals surface area contributed by atoms with E-state index in [1.165, 1.54) is 5.56 Å². The van der Waals surface area contributed by atoms with Gasteiger partial charge in [-0.15, -0.1) is 0 Å². The van der Waals surface area contributed by atoms with E-state index in [1.54, 1.807) is 6.08 Å². The first kappa shape index (κ1) is 14.3. The summed E-state index contributed by atoms with van der Waals surface area (Å²) < 4.78 is 0. The molecule has 2 aromatic carbocycles. The monoisotopic (exact) mass is 289 g/mol. The number of aromatic nitrogens is 1. The highest BCUT2D eigenvalue weighted by Gasteiger charge is 2.02. The van der Waals surface area contributed by atoms with E-state index in [0.29, 0.717) is 0 Å². The number of carbonyl (C=O) groups excluding carboxylic acids is 1. The summed E-state index contributed by atoms with van der Waals surface area (Å²) in [5.74, 6) is 0.0391. The van der Waals surface area contributed by atoms with Crippen molar-refractivity contribution in [2.45, 2.75) is 19.8 Å². The Morgan fingerprint density at radius 2 is 1.91 bits per heavy atom. The van der Waals surface area contributed by atoms with Gasteiger partial charge < -0.3 is 4.98 Å². The van der Waals surface area contributed by atoms with Gasteiger partial charge in [-0.1, -0.05) is 49.8 Å². The van der Waals surface area contributed by atoms with Crippen LogP contribution in [0.2, 0.25) is 0 Å². The summed E-state index contributed by atoms with van der Waals surface area (Å²) in [6.07, 6.45) is 7.61. The summed E-state index contributed by atoms with van der Waals surface area (Å²) in [7, 11) is 0. The van der Waals surface area contributed by atoms with Crippen LogP contribution in [0.3, 0.4) is 0 Å². The fourth-order valence-electron chi connectivity index (χ4n) is 2.57. The molecule has 0 aliphatic rings. The predicted molar refractivity (Wildman–Crippen MR) is 92.1 cm³/mol. The van der Waals surface area contributed by atoms with Gasteiger partial charge in [-0.3, -0.25) is 4.79 Å². The van der Waals surface area contributed by atoms with Crippen molar-refractivity contribution in [2.75, 3.05) is 0 Å². The lowest BCUT2D eigenvalue weighted by Gasteiger charge is -2.00. The molecule has 1 heterocycles. The number of fused-ring (bicyclic) bond motifs is 1. The molecule has 0 spiro atoms. The third kappa shape index (κ3) is 3.17. The van der Waals surface area contributed by atoms with Gasteiger partial charge in [0.1, 0.15) is 0 Å². The number of carbonyl (C=O) groups is 1. The summed E-state index contributed by atoms with van der Waals surface area (Å²) in [6.45, 7) is 2.16. The maximum Gasteiger partial charge on any atom is 0.185 e. The van der Waals surface area contributed by atoms with Crippen LogP contribution in [0.15, 0.2) is 60.8 Å². The van der Waals surface area contributed by atoms with Crippen molar-refractivity contribution in [1.29, 1.82) is 0 Å². The average Bonchev–Trinajstić information content (AvgIpc) is 3.01. The first-order chi connectivity index (χ1) is 10.8. The first-order valence-electron chi connectivity index (χ1n) is 7.65. The Labute approximate surface area is 130 Å². The minimum atomic E-state index is 0.0391. The predicted octanol–water partition coefficient (Wildman–Crippen LogP) is 5.02. The van der Waals surface area contributed by atoms with Gasteiger partial charge in [-0.25, -0.2) is 0 Å². The van der Waals surface area contributed by atoms with E-state index in [0.717, 1.165) is 34.9 Å². The van der Waals surface area contributed by atoms with Crippen molar-refractivity contribution in [3.8, 4) is 0 Å². The number of aromatic amines is 1. The Morgan fingerprint density at radius 3 is 2.68 bits per heavy atom. The van der Waals surface area contributed by atoms with E-state index in [-0.39, 0.29) is 5.78 Å². The Kier molecular flexibility index (Phi) is 4.19. The van der Waals surface area contributed by atoms with E-state index >= 15 is 0 Å². The lowest BCUT2D eigenvalue weighted by atomic mass is 10.0. The summed E-state index contributed by atoms with van der Waals surface area (Å²) in [5, 5.41) is 1.15. The molecule has 0 amide bonds. The fraction of sp³-hybridized carbons (Fsp3) is 0.150. The summed E-state index contributed by atoms with van der Waals surface area (Å²) in [6, 6.07) is 16.0. The molecule has 3 rings (SSSR count). The zero-order valence-corrected chi connectivity index (χ0v) is 12.7. The lowest BCUT2D eigenvalue weighted by molar-refractivity contribution is 0.104. The van der Waals surface area contributed by atoms with E-state index in [1.807, 2.05) is 54.7 Å². The van der Waals surface area contributed by atoms with Gasteiger partial charge in [0.05, 0.1) is 0 Å². The molecule has 3 aromatic rings. The summed E-state index contributed by atoms with van der Waals surface area (Å²) in [4.78, 5) is 15.4. The van der Waals surface area contributed by atoms with Crippen LogP contribution in [0.1, 0.15) is 34.8 Å². The maximum absolute atomic E-state index is 12.2. The molecule has 0 radical (unpaired) electrons. The van der Waals surface area contributed by atoms with Crippen LogP contribution in [0.4, 0.5) is 0 Å². The van der Waals surface area contributed by atoms with Crippen molar-refractivity contribution in [1.82, 2.24) is 4.98 Å². The number of allylic oxidation sites excluding steroid dienone is 1. The molecule has 0 saturated heterocycles. The summed E-state index contributed by atoms with van der Waals surface area (Å²) in [5.41, 5.74) is 4.15. The zero-order valence-electron chi connectivity index (χ0n) is 12.7. The highest BCUT2D eigenvalue weighted by molar-refractivity contribution is 6.07. The molecule has 1 aromatic heterocycles. The molecule has 2 nitrogen and oxygen atoms in total. The maximum atomic E-state index is 12.2. The Bertz CT molecular complexity index is 809. The third-order valence-corrected chi connectivity index (χ3v) is 3.78. The minimum absolute atomic E-state index is 0.0391. The molecule has 0 fully saturated rings. The van der Waals surface area contributed by atoms with Crippen molar-refractivity contribution in [3.63, 3.8) is 0 Å². The van der Waals surface area contributed by atoms with Crippen LogP contribution in [-0.4, -0.2) is 10.8 Å². The van der Waals surface area contributed by atoms with Gasteiger partial charge in [0, 0.05) is 17.3 Å². The summed E-state index contributed by atoms with van der Waals surface area (Å²) >= 11 is 0. The number of benzene rings is 2. The van der Waals surface area contributed by atoms with Gasteiger partial charge in [0.2, 0.25) is 0 Å². The van der Waals surface area contributed by atoms with E-state index in [2.05, 4.69) is 18.0 Å². The molecule has 0 aliphatic carbocycles. The Morgan fingerprint density at radius 1 is 1.09 bits per heavy atom. The highest BCUT2D eigenvalue weighted by atomic mass is 16.1. The van der Waals surface area contributed by atoms with E-state index in [9.17, 15) is 4.79 Å². The second kappa shape index (κ2) is 6.44. The standard InChI is InChI=1S/C20H19NO/c1-2-3-15-4-8-17(9-5-15)20(22)11-7-16-6-10-19-18(14-16)12-13-21-19/h4-14,21H,2-3H2,1H3/b11-7+. The van der Waals surface area contributed by atoms with Crippen LogP contribution in [0.5, 0.6) is 0 Å². The molecule has 0 aliphatic heterocycles. The van der Waals surface area contributed by atoms with Crippen LogP contribution in [0, 0.1) is 0 Å². The molecule has 1 N–H and O–H groups in total. The molecular formula is C20H19NO. The third-order valence-electron chi connectivity index (χ3n) is 3.78. The highest BCUT2D eigenvalue weighted by Crippen LogP contribution is 2.16. The molecule has 0 unspecified atom stereocenters. The van der Waals surface area contributed by atoms with Crippen molar-refractivity contribution in [2.24, 2.45) is 0 Å². The quantitative estimate of drug-likeness (QED) is 0.519. The number of ketones is 1. The molecule has 0 atom stereocenters. The number of aryl methyl sites for hydroxylation is 1. The molecule has 110 valence electrons. The van der Waals surface area contributed by atoms with Gasteiger partial charge in [0.25, 0.3) is 0 Å². The largest absolute Gasteiger partial charge is 0.361 e. The van der Waals surface area contributed by atoms with Crippen molar-refractivity contribution < 1.29 is 4.79 Å². The van der Waals surface area contributed by atoms with Crippen LogP contribution < -0.4 is 0 Å². The van der Waals surface area contributed by atoms with E-state index in [4.69, 9.17) is 0 Å². The fourth-order valence-corrected chi connectivity index (χ4v) is 2.57. The van der Waals surface area contributed by atoms with Crippen LogP contribution in [0.25, 0.3) is 17.0 Å². The number of rotatable bonds is 5. The van der Waals surface area contributed by atoms with Crippen LogP contribution >= 0.6 is 0 Å². The van der Waals surface area contributed by atoms with Crippen LogP contribution in [-0.2, 0) is 6.42 Å². The molecule has 2 heteroatoms. The molecule has 0 bridgehead atoms. The molecule has 0 saturated carbocycles. The minimum Gasteiger partial charge on any atom is -0.361 e. The first-order valence-corrected chi connectivity index (χ1v) is 7.65. The zero-order chi connectivity index (χ0) is 15.4. The van der Waals surface area contributed by atoms with Crippen molar-refractivity contribution in [3.05, 3.63) is 77.5 Å². The lowest BCUT2D eigenvalue weighted by Crippen LogP contribution is -1.94. The Hall–Kier alpha value is -2.61.